The highest BCUT2D eigenvalue weighted by Gasteiger charge is 2.12. The number of carbonyl (C=O) groups excluding carboxylic acids is 1. The van der Waals surface area contributed by atoms with Gasteiger partial charge < -0.3 is 19.5 Å². The molecule has 124 valence electrons. The zero-order valence-corrected chi connectivity index (χ0v) is 13.1. The Kier molecular flexibility index (Phi) is 4.81. The maximum atomic E-state index is 11.8. The number of nitrogens with one attached hydrogen (secondary N) is 2. The van der Waals surface area contributed by atoms with Crippen molar-refractivity contribution in [1.29, 1.82) is 0 Å². The standard InChI is InChI=1S/C17H17N3O4/c1-22-14-5-3-13(4-6-14)18-10-17(21)20-19-9-12-2-7-15-16(8-12)24-11-23-15/h2-9,18H,10-11H2,1H3,(H,20,21). The number of amides is 1. The van der Waals surface area contributed by atoms with Gasteiger partial charge in [0.05, 0.1) is 19.9 Å². The molecule has 0 fully saturated rings. The minimum absolute atomic E-state index is 0.116. The van der Waals surface area contributed by atoms with E-state index in [0.717, 1.165) is 17.0 Å². The van der Waals surface area contributed by atoms with Gasteiger partial charge in [0.25, 0.3) is 5.91 Å². The van der Waals surface area contributed by atoms with Crippen molar-refractivity contribution in [2.24, 2.45) is 5.10 Å². The van der Waals surface area contributed by atoms with E-state index in [1.165, 1.54) is 0 Å². The molecule has 0 radical (unpaired) electrons. The fraction of sp³-hybridized carbons (Fsp3) is 0.176. The Labute approximate surface area is 139 Å². The first-order valence-corrected chi connectivity index (χ1v) is 7.34. The second kappa shape index (κ2) is 7.36. The third kappa shape index (κ3) is 3.95. The molecule has 1 heterocycles. The van der Waals surface area contributed by atoms with Gasteiger partial charge in [0.2, 0.25) is 6.79 Å². The first-order valence-electron chi connectivity index (χ1n) is 7.34. The fourth-order valence-corrected chi connectivity index (χ4v) is 2.10. The minimum atomic E-state index is -0.247. The molecule has 0 atom stereocenters. The van der Waals surface area contributed by atoms with Crippen molar-refractivity contribution in [3.8, 4) is 17.2 Å². The van der Waals surface area contributed by atoms with E-state index in [9.17, 15) is 4.79 Å². The highest BCUT2D eigenvalue weighted by Crippen LogP contribution is 2.31. The van der Waals surface area contributed by atoms with Crippen LogP contribution in [0.15, 0.2) is 47.6 Å². The van der Waals surface area contributed by atoms with Gasteiger partial charge in [0.15, 0.2) is 11.5 Å². The lowest BCUT2D eigenvalue weighted by atomic mass is 10.2. The van der Waals surface area contributed by atoms with Crippen LogP contribution in [0, 0.1) is 0 Å². The molecule has 24 heavy (non-hydrogen) atoms. The molecule has 0 aliphatic carbocycles. The van der Waals surface area contributed by atoms with Gasteiger partial charge in [0, 0.05) is 5.69 Å². The highest BCUT2D eigenvalue weighted by atomic mass is 16.7. The number of methoxy groups -OCH3 is 1. The third-order valence-corrected chi connectivity index (χ3v) is 3.34. The number of hydrogen-bond donors (Lipinski definition) is 2. The van der Waals surface area contributed by atoms with E-state index in [1.54, 1.807) is 25.5 Å². The Morgan fingerprint density at radius 3 is 2.79 bits per heavy atom. The number of carbonyl (C=O) groups is 1. The molecule has 0 bridgehead atoms. The molecule has 1 aliphatic heterocycles. The summed E-state index contributed by atoms with van der Waals surface area (Å²) in [4.78, 5) is 11.8. The van der Waals surface area contributed by atoms with Crippen LogP contribution >= 0.6 is 0 Å². The molecule has 0 spiro atoms. The van der Waals surface area contributed by atoms with Crippen LogP contribution in [-0.4, -0.2) is 32.6 Å². The quantitative estimate of drug-likeness (QED) is 0.626. The van der Waals surface area contributed by atoms with Gasteiger partial charge >= 0.3 is 0 Å². The molecule has 2 aromatic carbocycles. The first-order chi connectivity index (χ1) is 11.7. The Morgan fingerprint density at radius 1 is 1.21 bits per heavy atom. The van der Waals surface area contributed by atoms with Crippen LogP contribution in [0.5, 0.6) is 17.2 Å². The molecule has 7 nitrogen and oxygen atoms in total. The van der Waals surface area contributed by atoms with Gasteiger partial charge in [-0.25, -0.2) is 5.43 Å². The van der Waals surface area contributed by atoms with Crippen molar-refractivity contribution in [2.75, 3.05) is 25.8 Å². The van der Waals surface area contributed by atoms with E-state index in [0.29, 0.717) is 11.5 Å². The van der Waals surface area contributed by atoms with Crippen LogP contribution in [0.2, 0.25) is 0 Å². The highest BCUT2D eigenvalue weighted by molar-refractivity contribution is 5.84. The van der Waals surface area contributed by atoms with E-state index in [1.807, 2.05) is 30.3 Å². The summed E-state index contributed by atoms with van der Waals surface area (Å²) in [6, 6.07) is 12.7. The summed E-state index contributed by atoms with van der Waals surface area (Å²) in [6.45, 7) is 0.342. The fourth-order valence-electron chi connectivity index (χ4n) is 2.10. The summed E-state index contributed by atoms with van der Waals surface area (Å²) < 4.78 is 15.6. The molecule has 2 N–H and O–H groups in total. The average Bonchev–Trinajstić information content (AvgIpc) is 3.08. The van der Waals surface area contributed by atoms with Crippen molar-refractivity contribution >= 4 is 17.8 Å². The number of hydrogen-bond acceptors (Lipinski definition) is 6. The number of anilines is 1. The molecule has 7 heteroatoms. The Bertz CT molecular complexity index is 744. The largest absolute Gasteiger partial charge is 0.497 e. The smallest absolute Gasteiger partial charge is 0.259 e. The summed E-state index contributed by atoms with van der Waals surface area (Å²) in [5.41, 5.74) is 4.10. The lowest BCUT2D eigenvalue weighted by molar-refractivity contribution is -0.119. The van der Waals surface area contributed by atoms with E-state index in [2.05, 4.69) is 15.8 Å². The molecular formula is C17H17N3O4. The molecule has 0 saturated carbocycles. The van der Waals surface area contributed by atoms with Crippen molar-refractivity contribution in [2.45, 2.75) is 0 Å². The molecule has 2 aromatic rings. The lowest BCUT2D eigenvalue weighted by Crippen LogP contribution is -2.25. The van der Waals surface area contributed by atoms with Gasteiger partial charge in [0.1, 0.15) is 5.75 Å². The van der Waals surface area contributed by atoms with Crippen LogP contribution in [-0.2, 0) is 4.79 Å². The van der Waals surface area contributed by atoms with Crippen LogP contribution in [0.3, 0.4) is 0 Å². The number of rotatable bonds is 6. The number of fused-ring (bicyclic) bond motifs is 1. The van der Waals surface area contributed by atoms with Gasteiger partial charge in [-0.1, -0.05) is 0 Å². The van der Waals surface area contributed by atoms with Crippen LogP contribution in [0.4, 0.5) is 5.69 Å². The maximum Gasteiger partial charge on any atom is 0.259 e. The Hall–Kier alpha value is -3.22. The van der Waals surface area contributed by atoms with Gasteiger partial charge in [-0.15, -0.1) is 0 Å². The summed E-state index contributed by atoms with van der Waals surface area (Å²) in [5.74, 6) is 1.90. The molecule has 0 aromatic heterocycles. The molecular weight excluding hydrogens is 310 g/mol. The lowest BCUT2D eigenvalue weighted by Gasteiger charge is -2.06. The van der Waals surface area contributed by atoms with Crippen molar-refractivity contribution in [3.05, 3.63) is 48.0 Å². The molecule has 0 unspecified atom stereocenters. The maximum absolute atomic E-state index is 11.8. The molecule has 0 saturated heterocycles. The summed E-state index contributed by atoms with van der Waals surface area (Å²) >= 11 is 0. The summed E-state index contributed by atoms with van der Waals surface area (Å²) in [5, 5.41) is 6.93. The van der Waals surface area contributed by atoms with E-state index < -0.39 is 0 Å². The number of benzene rings is 2. The third-order valence-electron chi connectivity index (χ3n) is 3.34. The number of nitrogens with zero attached hydrogens (tertiary/aromatic N) is 1. The zero-order valence-electron chi connectivity index (χ0n) is 13.1. The number of hydrazone groups is 1. The zero-order chi connectivity index (χ0) is 16.8. The van der Waals surface area contributed by atoms with Gasteiger partial charge in [-0.2, -0.15) is 5.10 Å². The topological polar surface area (TPSA) is 81.2 Å². The second-order valence-corrected chi connectivity index (χ2v) is 4.99. The van der Waals surface area contributed by atoms with Crippen molar-refractivity contribution < 1.29 is 19.0 Å². The second-order valence-electron chi connectivity index (χ2n) is 4.99. The van der Waals surface area contributed by atoms with Crippen LogP contribution in [0.25, 0.3) is 0 Å². The van der Waals surface area contributed by atoms with Gasteiger partial charge in [-0.05, 0) is 48.0 Å². The van der Waals surface area contributed by atoms with Crippen LogP contribution in [0.1, 0.15) is 5.56 Å². The predicted molar refractivity (Wildman–Crippen MR) is 89.8 cm³/mol. The van der Waals surface area contributed by atoms with E-state index >= 15 is 0 Å². The molecule has 1 amide bonds. The Morgan fingerprint density at radius 2 is 2.00 bits per heavy atom. The minimum Gasteiger partial charge on any atom is -0.497 e. The molecule has 3 rings (SSSR count). The summed E-state index contributed by atoms with van der Waals surface area (Å²) in [7, 11) is 1.61. The van der Waals surface area contributed by atoms with Crippen molar-refractivity contribution in [1.82, 2.24) is 5.43 Å². The Balaban J connectivity index is 1.46. The number of ether oxygens (including phenoxy) is 3. The normalized spacial score (nSPS) is 12.2. The monoisotopic (exact) mass is 327 g/mol. The van der Waals surface area contributed by atoms with Crippen LogP contribution < -0.4 is 25.0 Å². The van der Waals surface area contributed by atoms with E-state index in [4.69, 9.17) is 14.2 Å². The van der Waals surface area contributed by atoms with Crippen molar-refractivity contribution in [3.63, 3.8) is 0 Å². The van der Waals surface area contributed by atoms with E-state index in [-0.39, 0.29) is 19.2 Å². The SMILES string of the molecule is COc1ccc(NCC(=O)NN=Cc2ccc3c(c2)OCO3)cc1. The first kappa shape index (κ1) is 15.7. The average molecular weight is 327 g/mol. The molecule has 1 aliphatic rings. The predicted octanol–water partition coefficient (Wildman–Crippen LogP) is 1.99. The summed E-state index contributed by atoms with van der Waals surface area (Å²) in [6.07, 6.45) is 1.55. The van der Waals surface area contributed by atoms with Gasteiger partial charge in [-0.3, -0.25) is 4.79 Å².